The molecule has 0 amide bonds. The van der Waals surface area contributed by atoms with Gasteiger partial charge in [0.15, 0.2) is 0 Å². The quantitative estimate of drug-likeness (QED) is 0.830. The van der Waals surface area contributed by atoms with Crippen LogP contribution in [0.4, 0.5) is 0 Å². The highest BCUT2D eigenvalue weighted by molar-refractivity contribution is 9.10. The second-order valence-electron chi connectivity index (χ2n) is 1.82. The Morgan fingerprint density at radius 2 is 2.40 bits per heavy atom. The maximum atomic E-state index is 10.2. The van der Waals surface area contributed by atoms with Gasteiger partial charge in [0.05, 0.1) is 6.42 Å². The summed E-state index contributed by atoms with van der Waals surface area (Å²) in [6.07, 6.45) is 0.101. The number of carboxylic acids is 1. The molecule has 1 heterocycles. The summed E-state index contributed by atoms with van der Waals surface area (Å²) >= 11 is 4.74. The van der Waals surface area contributed by atoms with E-state index in [1.54, 1.807) is 0 Å². The lowest BCUT2D eigenvalue weighted by molar-refractivity contribution is -0.136. The minimum absolute atomic E-state index is 0.101. The molecule has 0 aliphatic rings. The lowest BCUT2D eigenvalue weighted by atomic mass is 10.2. The van der Waals surface area contributed by atoms with Crippen LogP contribution in [0.1, 0.15) is 5.56 Å². The zero-order valence-corrected chi connectivity index (χ0v) is 7.41. The third kappa shape index (κ3) is 1.82. The molecule has 1 rings (SSSR count). The number of aliphatic carboxylic acids is 1. The molecule has 0 bridgehead atoms. The van der Waals surface area contributed by atoms with Crippen LogP contribution in [0.2, 0.25) is 0 Å². The van der Waals surface area contributed by atoms with Crippen molar-refractivity contribution in [2.24, 2.45) is 0 Å². The minimum Gasteiger partial charge on any atom is -0.481 e. The van der Waals surface area contributed by atoms with E-state index in [9.17, 15) is 4.79 Å². The van der Waals surface area contributed by atoms with Gasteiger partial charge in [-0.1, -0.05) is 0 Å². The van der Waals surface area contributed by atoms with E-state index in [2.05, 4.69) is 15.9 Å². The summed E-state index contributed by atoms with van der Waals surface area (Å²) in [7, 11) is 0. The molecule has 10 heavy (non-hydrogen) atoms. The van der Waals surface area contributed by atoms with E-state index in [0.717, 1.165) is 10.0 Å². The number of hydrogen-bond acceptors (Lipinski definition) is 2. The average Bonchev–Trinajstić information content (AvgIpc) is 2.15. The largest absolute Gasteiger partial charge is 0.481 e. The Morgan fingerprint density at radius 3 is 2.80 bits per heavy atom. The summed E-state index contributed by atoms with van der Waals surface area (Å²) in [6, 6.07) is 0. The molecule has 1 aromatic rings. The van der Waals surface area contributed by atoms with Crippen molar-refractivity contribution >= 4 is 33.2 Å². The summed E-state index contributed by atoms with van der Waals surface area (Å²) in [5, 5.41) is 12.1. The summed E-state index contributed by atoms with van der Waals surface area (Å²) in [5.41, 5.74) is 0.845. The molecule has 0 unspecified atom stereocenters. The van der Waals surface area contributed by atoms with E-state index in [1.165, 1.54) is 11.3 Å². The van der Waals surface area contributed by atoms with Crippen LogP contribution in [-0.2, 0) is 11.2 Å². The molecular weight excluding hydrogens is 216 g/mol. The molecule has 0 spiro atoms. The smallest absolute Gasteiger partial charge is 0.307 e. The summed E-state index contributed by atoms with van der Waals surface area (Å²) in [5.74, 6) is -0.793. The van der Waals surface area contributed by atoms with Gasteiger partial charge in [-0.05, 0) is 26.9 Å². The molecule has 0 fully saturated rings. The number of rotatable bonds is 2. The first-order valence-electron chi connectivity index (χ1n) is 2.62. The van der Waals surface area contributed by atoms with Crippen LogP contribution in [0, 0.1) is 0 Å². The second kappa shape index (κ2) is 3.16. The van der Waals surface area contributed by atoms with E-state index in [0.29, 0.717) is 0 Å². The summed E-state index contributed by atoms with van der Waals surface area (Å²) in [6.45, 7) is 0. The number of carbonyl (C=O) groups is 1. The normalized spacial score (nSPS) is 9.70. The predicted molar refractivity (Wildman–Crippen MR) is 43.4 cm³/mol. The molecule has 0 aliphatic carbocycles. The van der Waals surface area contributed by atoms with Crippen LogP contribution < -0.4 is 0 Å². The van der Waals surface area contributed by atoms with Crippen molar-refractivity contribution in [1.82, 2.24) is 0 Å². The van der Waals surface area contributed by atoms with E-state index in [4.69, 9.17) is 5.11 Å². The zero-order chi connectivity index (χ0) is 7.56. The number of halogens is 1. The van der Waals surface area contributed by atoms with Crippen molar-refractivity contribution < 1.29 is 9.90 Å². The highest BCUT2D eigenvalue weighted by atomic mass is 79.9. The number of thiophene rings is 1. The molecule has 0 aromatic carbocycles. The van der Waals surface area contributed by atoms with Gasteiger partial charge in [0.25, 0.3) is 0 Å². The highest BCUT2D eigenvalue weighted by Gasteiger charge is 2.04. The lowest BCUT2D eigenvalue weighted by Crippen LogP contribution is -1.98. The Kier molecular flexibility index (Phi) is 2.45. The van der Waals surface area contributed by atoms with E-state index < -0.39 is 5.97 Å². The van der Waals surface area contributed by atoms with E-state index in [1.807, 2.05) is 10.8 Å². The zero-order valence-electron chi connectivity index (χ0n) is 5.00. The van der Waals surface area contributed by atoms with Crippen molar-refractivity contribution in [2.75, 3.05) is 0 Å². The van der Waals surface area contributed by atoms with Gasteiger partial charge < -0.3 is 5.11 Å². The fraction of sp³-hybridized carbons (Fsp3) is 0.167. The fourth-order valence-electron chi connectivity index (χ4n) is 0.597. The molecule has 0 radical (unpaired) electrons. The lowest BCUT2D eigenvalue weighted by Gasteiger charge is -1.90. The molecule has 0 saturated heterocycles. The Balaban J connectivity index is 2.74. The first-order chi connectivity index (χ1) is 4.70. The first kappa shape index (κ1) is 7.75. The molecule has 1 aromatic heterocycles. The number of hydrogen-bond donors (Lipinski definition) is 1. The Labute approximate surface area is 70.6 Å². The molecule has 2 nitrogen and oxygen atoms in total. The van der Waals surface area contributed by atoms with Gasteiger partial charge in [0, 0.05) is 9.85 Å². The van der Waals surface area contributed by atoms with Crippen molar-refractivity contribution in [3.05, 3.63) is 20.8 Å². The average molecular weight is 221 g/mol. The van der Waals surface area contributed by atoms with Crippen molar-refractivity contribution in [2.45, 2.75) is 6.42 Å². The maximum Gasteiger partial charge on any atom is 0.307 e. The Morgan fingerprint density at radius 1 is 1.70 bits per heavy atom. The van der Waals surface area contributed by atoms with Crippen LogP contribution in [0.5, 0.6) is 0 Å². The monoisotopic (exact) mass is 220 g/mol. The molecule has 1 N–H and O–H groups in total. The molecule has 4 heteroatoms. The summed E-state index contributed by atoms with van der Waals surface area (Å²) in [4.78, 5) is 10.2. The van der Waals surface area contributed by atoms with Gasteiger partial charge in [0.1, 0.15) is 0 Å². The fourth-order valence-corrected chi connectivity index (χ4v) is 2.04. The Bertz CT molecular complexity index is 244. The van der Waals surface area contributed by atoms with Gasteiger partial charge in [-0.2, -0.15) is 11.3 Å². The number of carboxylic acid groups (broad SMARTS) is 1. The van der Waals surface area contributed by atoms with Crippen molar-refractivity contribution in [3.63, 3.8) is 0 Å². The van der Waals surface area contributed by atoms with Crippen LogP contribution in [-0.4, -0.2) is 11.1 Å². The van der Waals surface area contributed by atoms with Gasteiger partial charge >= 0.3 is 5.97 Å². The van der Waals surface area contributed by atoms with Crippen LogP contribution in [0.3, 0.4) is 0 Å². The molecule has 0 aliphatic heterocycles. The second-order valence-corrected chi connectivity index (χ2v) is 3.41. The molecule has 54 valence electrons. The van der Waals surface area contributed by atoms with Gasteiger partial charge in [0.2, 0.25) is 0 Å². The SMILES string of the molecule is O=C(O)Cc1cscc1Br. The first-order valence-corrected chi connectivity index (χ1v) is 4.36. The molecule has 0 saturated carbocycles. The maximum absolute atomic E-state index is 10.2. The van der Waals surface area contributed by atoms with Gasteiger partial charge in [-0.25, -0.2) is 0 Å². The van der Waals surface area contributed by atoms with Gasteiger partial charge in [-0.15, -0.1) is 0 Å². The predicted octanol–water partition coefficient (Wildman–Crippen LogP) is 2.14. The van der Waals surface area contributed by atoms with E-state index >= 15 is 0 Å². The van der Waals surface area contributed by atoms with Crippen LogP contribution in [0.15, 0.2) is 15.2 Å². The summed E-state index contributed by atoms with van der Waals surface area (Å²) < 4.78 is 0.889. The van der Waals surface area contributed by atoms with Crippen LogP contribution in [0.25, 0.3) is 0 Å². The molecule has 0 atom stereocenters. The van der Waals surface area contributed by atoms with Crippen LogP contribution >= 0.6 is 27.3 Å². The van der Waals surface area contributed by atoms with E-state index in [-0.39, 0.29) is 6.42 Å². The third-order valence-electron chi connectivity index (χ3n) is 1.03. The minimum atomic E-state index is -0.793. The van der Waals surface area contributed by atoms with Crippen molar-refractivity contribution in [1.29, 1.82) is 0 Å². The van der Waals surface area contributed by atoms with Gasteiger partial charge in [-0.3, -0.25) is 4.79 Å². The topological polar surface area (TPSA) is 37.3 Å². The third-order valence-corrected chi connectivity index (χ3v) is 2.86. The highest BCUT2D eigenvalue weighted by Crippen LogP contribution is 2.21. The molecular formula is C6H5BrO2S. The standard InChI is InChI=1S/C6H5BrO2S/c7-5-3-10-2-4(5)1-6(8)9/h2-3H,1H2,(H,8,9). The van der Waals surface area contributed by atoms with Crippen molar-refractivity contribution in [3.8, 4) is 0 Å². The Hall–Kier alpha value is -0.350.